The normalized spacial score (nSPS) is 9.85. The van der Waals surface area contributed by atoms with Crippen LogP contribution in [0.2, 0.25) is 0 Å². The molecule has 1 amide bonds. The van der Waals surface area contributed by atoms with Crippen LogP contribution in [0.4, 0.5) is 0 Å². The van der Waals surface area contributed by atoms with Crippen LogP contribution in [0.1, 0.15) is 10.4 Å². The maximum absolute atomic E-state index is 11.5. The Balaban J connectivity index is 1.81. The number of rotatable bonds is 6. The molecule has 2 aromatic carbocycles. The second-order valence-electron chi connectivity index (χ2n) is 4.12. The number of amides is 1. The maximum atomic E-state index is 11.5. The van der Waals surface area contributed by atoms with Gasteiger partial charge in [0.1, 0.15) is 24.7 Å². The number of carbonyl (C=O) groups excluding carboxylic acids is 1. The van der Waals surface area contributed by atoms with Gasteiger partial charge in [-0.05, 0) is 30.3 Å². The van der Waals surface area contributed by atoms with Crippen LogP contribution in [0.5, 0.6) is 11.5 Å². The van der Waals surface area contributed by atoms with E-state index in [2.05, 4.69) is 5.32 Å². The zero-order chi connectivity index (χ0) is 14.2. The Morgan fingerprint density at radius 3 is 2.30 bits per heavy atom. The second kappa shape index (κ2) is 7.19. The van der Waals surface area contributed by atoms with Gasteiger partial charge in [0.05, 0.1) is 0 Å². The molecule has 104 valence electrons. The number of hydrogen-bond donors (Lipinski definition) is 1. The number of hydrogen-bond acceptors (Lipinski definition) is 3. The summed E-state index contributed by atoms with van der Waals surface area (Å²) in [7, 11) is 1.60. The summed E-state index contributed by atoms with van der Waals surface area (Å²) in [6.45, 7) is 0.875. The summed E-state index contributed by atoms with van der Waals surface area (Å²) in [6.07, 6.45) is 0. The first-order valence-corrected chi connectivity index (χ1v) is 6.42. The van der Waals surface area contributed by atoms with E-state index in [-0.39, 0.29) is 5.91 Å². The lowest BCUT2D eigenvalue weighted by Gasteiger charge is -2.09. The fourth-order valence-electron chi connectivity index (χ4n) is 1.71. The van der Waals surface area contributed by atoms with Crippen LogP contribution in [0.15, 0.2) is 54.6 Å². The van der Waals surface area contributed by atoms with E-state index in [0.29, 0.717) is 24.5 Å². The van der Waals surface area contributed by atoms with Crippen molar-refractivity contribution in [2.24, 2.45) is 0 Å². The molecular weight excluding hydrogens is 254 g/mol. The van der Waals surface area contributed by atoms with Crippen molar-refractivity contribution in [3.63, 3.8) is 0 Å². The van der Waals surface area contributed by atoms with Crippen molar-refractivity contribution in [2.45, 2.75) is 0 Å². The summed E-state index contributed by atoms with van der Waals surface area (Å²) >= 11 is 0. The van der Waals surface area contributed by atoms with Gasteiger partial charge in [0.25, 0.3) is 5.91 Å². The summed E-state index contributed by atoms with van der Waals surface area (Å²) in [5.41, 5.74) is 0.578. The molecular formula is C16H17NO3. The van der Waals surface area contributed by atoms with E-state index in [1.54, 1.807) is 25.2 Å². The number of nitrogens with one attached hydrogen (secondary N) is 1. The molecule has 0 spiro atoms. The summed E-state index contributed by atoms with van der Waals surface area (Å²) in [5, 5.41) is 2.58. The Hall–Kier alpha value is -2.49. The van der Waals surface area contributed by atoms with Crippen molar-refractivity contribution in [3.05, 3.63) is 60.2 Å². The first kappa shape index (κ1) is 13.9. The lowest BCUT2D eigenvalue weighted by Crippen LogP contribution is -2.17. The number of ether oxygens (including phenoxy) is 2. The summed E-state index contributed by atoms with van der Waals surface area (Å²) in [5.74, 6) is 1.34. The molecule has 0 radical (unpaired) electrons. The molecule has 20 heavy (non-hydrogen) atoms. The Kier molecular flexibility index (Phi) is 5.00. The third-order valence-electron chi connectivity index (χ3n) is 2.69. The van der Waals surface area contributed by atoms with E-state index < -0.39 is 0 Å². The minimum absolute atomic E-state index is 0.129. The van der Waals surface area contributed by atoms with Gasteiger partial charge < -0.3 is 14.8 Å². The van der Waals surface area contributed by atoms with Gasteiger partial charge >= 0.3 is 0 Å². The maximum Gasteiger partial charge on any atom is 0.251 e. The lowest BCUT2D eigenvalue weighted by atomic mass is 10.2. The molecule has 0 aliphatic heterocycles. The highest BCUT2D eigenvalue weighted by atomic mass is 16.5. The largest absolute Gasteiger partial charge is 0.490 e. The van der Waals surface area contributed by atoms with Crippen LogP contribution >= 0.6 is 0 Å². The third-order valence-corrected chi connectivity index (χ3v) is 2.69. The van der Waals surface area contributed by atoms with Crippen molar-refractivity contribution in [1.82, 2.24) is 5.32 Å². The van der Waals surface area contributed by atoms with Crippen molar-refractivity contribution in [3.8, 4) is 11.5 Å². The van der Waals surface area contributed by atoms with Crippen molar-refractivity contribution in [2.75, 3.05) is 20.3 Å². The molecule has 0 saturated heterocycles. The standard InChI is InChI=1S/C16H17NO3/c1-17-16(18)13-6-5-9-15(12-13)20-11-10-19-14-7-3-2-4-8-14/h2-9,12H,10-11H2,1H3,(H,17,18). The van der Waals surface area contributed by atoms with Crippen molar-refractivity contribution >= 4 is 5.91 Å². The molecule has 0 aliphatic rings. The van der Waals surface area contributed by atoms with Crippen molar-refractivity contribution < 1.29 is 14.3 Å². The van der Waals surface area contributed by atoms with E-state index in [1.165, 1.54) is 0 Å². The second-order valence-corrected chi connectivity index (χ2v) is 4.12. The average Bonchev–Trinajstić information content (AvgIpc) is 2.52. The fraction of sp³-hybridized carbons (Fsp3) is 0.188. The lowest BCUT2D eigenvalue weighted by molar-refractivity contribution is 0.0962. The van der Waals surface area contributed by atoms with Crippen LogP contribution < -0.4 is 14.8 Å². The van der Waals surface area contributed by atoms with E-state index in [9.17, 15) is 4.79 Å². The van der Waals surface area contributed by atoms with Gasteiger partial charge in [-0.1, -0.05) is 24.3 Å². The van der Waals surface area contributed by atoms with Gasteiger partial charge in [-0.25, -0.2) is 0 Å². The molecule has 0 aromatic heterocycles. The minimum atomic E-state index is -0.129. The SMILES string of the molecule is CNC(=O)c1cccc(OCCOc2ccccc2)c1. The summed E-state index contributed by atoms with van der Waals surface area (Å²) in [4.78, 5) is 11.5. The van der Waals surface area contributed by atoms with Crippen molar-refractivity contribution in [1.29, 1.82) is 0 Å². The van der Waals surface area contributed by atoms with E-state index in [1.807, 2.05) is 36.4 Å². The van der Waals surface area contributed by atoms with Crippen LogP contribution in [0.25, 0.3) is 0 Å². The Morgan fingerprint density at radius 2 is 1.60 bits per heavy atom. The van der Waals surface area contributed by atoms with Gasteiger partial charge in [0.2, 0.25) is 0 Å². The first-order chi connectivity index (χ1) is 9.79. The number of benzene rings is 2. The molecule has 0 saturated carbocycles. The molecule has 0 aliphatic carbocycles. The monoisotopic (exact) mass is 271 g/mol. The summed E-state index contributed by atoms with van der Waals surface area (Å²) < 4.78 is 11.1. The quantitative estimate of drug-likeness (QED) is 0.821. The van der Waals surface area contributed by atoms with Crippen LogP contribution in [0, 0.1) is 0 Å². The fourth-order valence-corrected chi connectivity index (χ4v) is 1.71. The number of para-hydroxylation sites is 1. The molecule has 0 atom stereocenters. The van der Waals surface area contributed by atoms with Crippen LogP contribution in [-0.2, 0) is 0 Å². The molecule has 1 N–H and O–H groups in total. The molecule has 4 nitrogen and oxygen atoms in total. The highest BCUT2D eigenvalue weighted by Crippen LogP contribution is 2.13. The van der Waals surface area contributed by atoms with E-state index >= 15 is 0 Å². The van der Waals surface area contributed by atoms with Crippen LogP contribution in [0.3, 0.4) is 0 Å². The van der Waals surface area contributed by atoms with Gasteiger partial charge in [0, 0.05) is 12.6 Å². The number of carbonyl (C=O) groups is 1. The molecule has 2 aromatic rings. The third kappa shape index (κ3) is 4.02. The highest BCUT2D eigenvalue weighted by Gasteiger charge is 2.04. The van der Waals surface area contributed by atoms with E-state index in [4.69, 9.17) is 9.47 Å². The minimum Gasteiger partial charge on any atom is -0.490 e. The van der Waals surface area contributed by atoms with Gasteiger partial charge in [-0.15, -0.1) is 0 Å². The molecule has 4 heteroatoms. The van der Waals surface area contributed by atoms with Crippen LogP contribution in [-0.4, -0.2) is 26.2 Å². The summed E-state index contributed by atoms with van der Waals surface area (Å²) in [6, 6.07) is 16.6. The topological polar surface area (TPSA) is 47.6 Å². The first-order valence-electron chi connectivity index (χ1n) is 6.42. The highest BCUT2D eigenvalue weighted by molar-refractivity contribution is 5.94. The Morgan fingerprint density at radius 1 is 0.950 bits per heavy atom. The molecule has 0 bridgehead atoms. The predicted octanol–water partition coefficient (Wildman–Crippen LogP) is 2.50. The Labute approximate surface area is 118 Å². The zero-order valence-electron chi connectivity index (χ0n) is 11.3. The smallest absolute Gasteiger partial charge is 0.251 e. The molecule has 2 rings (SSSR count). The molecule has 0 heterocycles. The molecule has 0 fully saturated rings. The van der Waals surface area contributed by atoms with E-state index in [0.717, 1.165) is 5.75 Å². The predicted molar refractivity (Wildman–Crippen MR) is 77.3 cm³/mol. The van der Waals surface area contributed by atoms with Gasteiger partial charge in [0.15, 0.2) is 0 Å². The molecule has 0 unspecified atom stereocenters. The zero-order valence-corrected chi connectivity index (χ0v) is 11.3. The van der Waals surface area contributed by atoms with Gasteiger partial charge in [-0.2, -0.15) is 0 Å². The average molecular weight is 271 g/mol. The van der Waals surface area contributed by atoms with Gasteiger partial charge in [-0.3, -0.25) is 4.79 Å². The Bertz CT molecular complexity index is 555.